The molecule has 0 aliphatic rings. The number of nitrogens with one attached hydrogen (secondary N) is 1. The Morgan fingerprint density at radius 1 is 0.667 bits per heavy atom. The van der Waals surface area contributed by atoms with Gasteiger partial charge in [0, 0.05) is 12.1 Å². The van der Waals surface area contributed by atoms with Crippen molar-refractivity contribution in [2.45, 2.75) is 51.6 Å². The molecule has 2 unspecified atom stereocenters. The van der Waals surface area contributed by atoms with Gasteiger partial charge < -0.3 is 5.32 Å². The lowest BCUT2D eigenvalue weighted by atomic mass is 9.99. The van der Waals surface area contributed by atoms with E-state index < -0.39 is 0 Å². The molecule has 1 heteroatoms. The fourth-order valence-corrected chi connectivity index (χ4v) is 2.77. The Morgan fingerprint density at radius 2 is 1.05 bits per heavy atom. The monoisotopic (exact) mass is 281 g/mol. The summed E-state index contributed by atoms with van der Waals surface area (Å²) in [7, 11) is 0. The van der Waals surface area contributed by atoms with Gasteiger partial charge in [-0.25, -0.2) is 0 Å². The lowest BCUT2D eigenvalue weighted by Gasteiger charge is -2.24. The minimum atomic E-state index is 0.557. The zero-order chi connectivity index (χ0) is 14.9. The van der Waals surface area contributed by atoms with Crippen molar-refractivity contribution in [2.75, 3.05) is 0 Å². The topological polar surface area (TPSA) is 12.0 Å². The molecule has 21 heavy (non-hydrogen) atoms. The standard InChI is InChI=1S/C20H27N/c1-3-19(15-17-11-7-5-8-12-17)21-20(4-2)16-18-13-9-6-10-14-18/h5-14,19-21H,3-4,15-16H2,1-2H3. The van der Waals surface area contributed by atoms with Crippen molar-refractivity contribution in [1.29, 1.82) is 0 Å². The summed E-state index contributed by atoms with van der Waals surface area (Å²) in [4.78, 5) is 0. The number of benzene rings is 2. The third kappa shape index (κ3) is 5.35. The smallest absolute Gasteiger partial charge is 0.0108 e. The molecule has 0 fully saturated rings. The fourth-order valence-electron chi connectivity index (χ4n) is 2.77. The van der Waals surface area contributed by atoms with Gasteiger partial charge in [0.25, 0.3) is 0 Å². The molecule has 0 bridgehead atoms. The SMILES string of the molecule is CCC(Cc1ccccc1)NC(CC)Cc1ccccc1. The van der Waals surface area contributed by atoms with Crippen molar-refractivity contribution in [1.82, 2.24) is 5.32 Å². The van der Waals surface area contributed by atoms with Crippen molar-refractivity contribution in [3.63, 3.8) is 0 Å². The first-order valence-corrected chi connectivity index (χ1v) is 8.15. The van der Waals surface area contributed by atoms with Crippen molar-refractivity contribution in [3.05, 3.63) is 71.8 Å². The molecule has 0 heterocycles. The van der Waals surface area contributed by atoms with Crippen LogP contribution in [0.3, 0.4) is 0 Å². The highest BCUT2D eigenvalue weighted by molar-refractivity contribution is 5.17. The van der Waals surface area contributed by atoms with Gasteiger partial charge in [-0.1, -0.05) is 74.5 Å². The van der Waals surface area contributed by atoms with Crippen LogP contribution >= 0.6 is 0 Å². The van der Waals surface area contributed by atoms with Crippen LogP contribution in [0.1, 0.15) is 37.8 Å². The van der Waals surface area contributed by atoms with E-state index in [9.17, 15) is 0 Å². The van der Waals surface area contributed by atoms with E-state index in [4.69, 9.17) is 0 Å². The third-order valence-corrected chi connectivity index (χ3v) is 4.11. The van der Waals surface area contributed by atoms with Gasteiger partial charge in [0.2, 0.25) is 0 Å². The summed E-state index contributed by atoms with van der Waals surface area (Å²) < 4.78 is 0. The molecule has 2 aromatic carbocycles. The summed E-state index contributed by atoms with van der Waals surface area (Å²) in [6.45, 7) is 4.55. The van der Waals surface area contributed by atoms with Crippen LogP contribution in [0.25, 0.3) is 0 Å². The second kappa shape index (κ2) is 8.63. The van der Waals surface area contributed by atoms with E-state index in [2.05, 4.69) is 79.8 Å². The molecule has 0 aliphatic heterocycles. The van der Waals surface area contributed by atoms with Gasteiger partial charge in [0.05, 0.1) is 0 Å². The van der Waals surface area contributed by atoms with Gasteiger partial charge >= 0.3 is 0 Å². The Kier molecular flexibility index (Phi) is 6.49. The first kappa shape index (κ1) is 15.8. The van der Waals surface area contributed by atoms with Gasteiger partial charge in [-0.05, 0) is 36.8 Å². The maximum absolute atomic E-state index is 3.85. The molecule has 1 N–H and O–H groups in total. The molecule has 2 rings (SSSR count). The Bertz CT molecular complexity index is 444. The van der Waals surface area contributed by atoms with Gasteiger partial charge in [-0.2, -0.15) is 0 Å². The first-order valence-electron chi connectivity index (χ1n) is 8.15. The van der Waals surface area contributed by atoms with E-state index in [1.807, 2.05) is 0 Å². The van der Waals surface area contributed by atoms with Gasteiger partial charge in [-0.15, -0.1) is 0 Å². The highest BCUT2D eigenvalue weighted by atomic mass is 14.9. The molecule has 0 spiro atoms. The second-order valence-corrected chi connectivity index (χ2v) is 5.76. The predicted molar refractivity (Wildman–Crippen MR) is 91.6 cm³/mol. The summed E-state index contributed by atoms with van der Waals surface area (Å²) in [5.41, 5.74) is 2.85. The summed E-state index contributed by atoms with van der Waals surface area (Å²) in [6, 6.07) is 22.7. The maximum Gasteiger partial charge on any atom is 0.0108 e. The number of hydrogen-bond donors (Lipinski definition) is 1. The van der Waals surface area contributed by atoms with E-state index in [1.54, 1.807) is 0 Å². The highest BCUT2D eigenvalue weighted by Gasteiger charge is 2.13. The molecule has 0 aromatic heterocycles. The average molecular weight is 281 g/mol. The minimum absolute atomic E-state index is 0.557. The molecule has 112 valence electrons. The van der Waals surface area contributed by atoms with Crippen molar-refractivity contribution in [2.24, 2.45) is 0 Å². The van der Waals surface area contributed by atoms with E-state index in [0.717, 1.165) is 12.8 Å². The molecule has 0 amide bonds. The van der Waals surface area contributed by atoms with Crippen LogP contribution in [0.4, 0.5) is 0 Å². The van der Waals surface area contributed by atoms with E-state index in [1.165, 1.54) is 24.0 Å². The Labute approximate surface area is 129 Å². The lowest BCUT2D eigenvalue weighted by Crippen LogP contribution is -2.40. The molecular weight excluding hydrogens is 254 g/mol. The Balaban J connectivity index is 1.92. The van der Waals surface area contributed by atoms with Crippen LogP contribution in [-0.2, 0) is 12.8 Å². The van der Waals surface area contributed by atoms with Crippen LogP contribution in [0.2, 0.25) is 0 Å². The molecule has 1 nitrogen and oxygen atoms in total. The van der Waals surface area contributed by atoms with Crippen LogP contribution in [0, 0.1) is 0 Å². The Morgan fingerprint density at radius 3 is 1.38 bits per heavy atom. The van der Waals surface area contributed by atoms with Crippen molar-refractivity contribution >= 4 is 0 Å². The lowest BCUT2D eigenvalue weighted by molar-refractivity contribution is 0.402. The fraction of sp³-hybridized carbons (Fsp3) is 0.400. The number of hydrogen-bond acceptors (Lipinski definition) is 1. The highest BCUT2D eigenvalue weighted by Crippen LogP contribution is 2.10. The molecule has 0 radical (unpaired) electrons. The predicted octanol–water partition coefficient (Wildman–Crippen LogP) is 4.62. The second-order valence-electron chi connectivity index (χ2n) is 5.76. The van der Waals surface area contributed by atoms with Crippen LogP contribution < -0.4 is 5.32 Å². The molecular formula is C20H27N. The van der Waals surface area contributed by atoms with Gasteiger partial charge in [0.1, 0.15) is 0 Å². The molecule has 0 saturated heterocycles. The molecule has 2 aromatic rings. The number of rotatable bonds is 8. The van der Waals surface area contributed by atoms with Crippen molar-refractivity contribution < 1.29 is 0 Å². The summed E-state index contributed by atoms with van der Waals surface area (Å²) >= 11 is 0. The zero-order valence-electron chi connectivity index (χ0n) is 13.3. The third-order valence-electron chi connectivity index (χ3n) is 4.11. The van der Waals surface area contributed by atoms with Crippen LogP contribution in [0.5, 0.6) is 0 Å². The Hall–Kier alpha value is -1.60. The molecule has 0 aliphatic carbocycles. The first-order chi connectivity index (χ1) is 10.3. The van der Waals surface area contributed by atoms with E-state index >= 15 is 0 Å². The molecule has 0 saturated carbocycles. The van der Waals surface area contributed by atoms with Crippen LogP contribution in [-0.4, -0.2) is 12.1 Å². The summed E-state index contributed by atoms with van der Waals surface area (Å²) in [5.74, 6) is 0. The van der Waals surface area contributed by atoms with Gasteiger partial charge in [0.15, 0.2) is 0 Å². The molecule has 2 atom stereocenters. The average Bonchev–Trinajstić information content (AvgIpc) is 2.55. The van der Waals surface area contributed by atoms with Gasteiger partial charge in [-0.3, -0.25) is 0 Å². The van der Waals surface area contributed by atoms with E-state index in [-0.39, 0.29) is 0 Å². The zero-order valence-corrected chi connectivity index (χ0v) is 13.3. The van der Waals surface area contributed by atoms with E-state index in [0.29, 0.717) is 12.1 Å². The largest absolute Gasteiger partial charge is 0.311 e. The maximum atomic E-state index is 3.85. The van der Waals surface area contributed by atoms with Crippen LogP contribution in [0.15, 0.2) is 60.7 Å². The normalized spacial score (nSPS) is 13.8. The summed E-state index contributed by atoms with van der Waals surface area (Å²) in [6.07, 6.45) is 4.56. The quantitative estimate of drug-likeness (QED) is 0.744. The summed E-state index contributed by atoms with van der Waals surface area (Å²) in [5, 5.41) is 3.85. The minimum Gasteiger partial charge on any atom is -0.311 e. The van der Waals surface area contributed by atoms with Crippen molar-refractivity contribution in [3.8, 4) is 0 Å².